The SMILES string of the molecule is CCN(CC)C(=O)CCNc1nc(NN)c(F)cc1F. The Balaban J connectivity index is 2.60. The van der Waals surface area contributed by atoms with Crippen molar-refractivity contribution in [3.63, 3.8) is 0 Å². The lowest BCUT2D eigenvalue weighted by Gasteiger charge is -2.18. The van der Waals surface area contributed by atoms with E-state index in [0.29, 0.717) is 19.2 Å². The molecule has 8 heteroatoms. The van der Waals surface area contributed by atoms with Crippen molar-refractivity contribution in [2.24, 2.45) is 5.84 Å². The summed E-state index contributed by atoms with van der Waals surface area (Å²) < 4.78 is 26.6. The van der Waals surface area contributed by atoms with Crippen LogP contribution in [-0.2, 0) is 4.79 Å². The highest BCUT2D eigenvalue weighted by molar-refractivity contribution is 5.76. The van der Waals surface area contributed by atoms with Gasteiger partial charge in [0.15, 0.2) is 23.3 Å². The van der Waals surface area contributed by atoms with Crippen molar-refractivity contribution < 1.29 is 13.6 Å². The number of aromatic nitrogens is 1. The number of nitrogens with one attached hydrogen (secondary N) is 2. The van der Waals surface area contributed by atoms with Gasteiger partial charge in [-0.1, -0.05) is 0 Å². The summed E-state index contributed by atoms with van der Waals surface area (Å²) >= 11 is 0. The van der Waals surface area contributed by atoms with E-state index in [1.165, 1.54) is 0 Å². The van der Waals surface area contributed by atoms with Gasteiger partial charge in [0, 0.05) is 32.1 Å². The highest BCUT2D eigenvalue weighted by Gasteiger charge is 2.12. The summed E-state index contributed by atoms with van der Waals surface area (Å²) in [5.41, 5.74) is 2.03. The van der Waals surface area contributed by atoms with Crippen molar-refractivity contribution in [3.8, 4) is 0 Å². The minimum Gasteiger partial charge on any atom is -0.367 e. The van der Waals surface area contributed by atoms with Crippen LogP contribution >= 0.6 is 0 Å². The molecule has 0 aliphatic heterocycles. The predicted molar refractivity (Wildman–Crippen MR) is 73.0 cm³/mol. The summed E-state index contributed by atoms with van der Waals surface area (Å²) in [5.74, 6) is 2.90. The van der Waals surface area contributed by atoms with Crippen molar-refractivity contribution >= 4 is 17.5 Å². The Morgan fingerprint density at radius 2 is 1.90 bits per heavy atom. The van der Waals surface area contributed by atoms with Gasteiger partial charge in [0.05, 0.1) is 0 Å². The number of carbonyl (C=O) groups is 1. The van der Waals surface area contributed by atoms with Crippen molar-refractivity contribution in [1.82, 2.24) is 9.88 Å². The lowest BCUT2D eigenvalue weighted by atomic mass is 10.3. The van der Waals surface area contributed by atoms with Crippen LogP contribution in [0.3, 0.4) is 0 Å². The van der Waals surface area contributed by atoms with Gasteiger partial charge in [0.2, 0.25) is 5.91 Å². The average Bonchev–Trinajstić information content (AvgIpc) is 2.42. The Labute approximate surface area is 116 Å². The third-order valence-corrected chi connectivity index (χ3v) is 2.81. The number of halogens is 2. The topological polar surface area (TPSA) is 83.3 Å². The van der Waals surface area contributed by atoms with E-state index in [0.717, 1.165) is 0 Å². The maximum Gasteiger partial charge on any atom is 0.224 e. The second-order valence-electron chi connectivity index (χ2n) is 4.04. The second-order valence-corrected chi connectivity index (χ2v) is 4.04. The number of nitrogens with two attached hydrogens (primary N) is 1. The minimum absolute atomic E-state index is 0.0396. The van der Waals surface area contributed by atoms with Gasteiger partial charge in [0.25, 0.3) is 0 Å². The number of anilines is 2. The average molecular weight is 287 g/mol. The summed E-state index contributed by atoms with van der Waals surface area (Å²) in [5, 5.41) is 2.65. The van der Waals surface area contributed by atoms with Gasteiger partial charge in [-0.3, -0.25) is 4.79 Å². The molecule has 0 spiro atoms. The third kappa shape index (κ3) is 4.02. The zero-order valence-electron chi connectivity index (χ0n) is 11.5. The predicted octanol–water partition coefficient (Wildman–Crippen LogP) is 1.32. The van der Waals surface area contributed by atoms with Crippen LogP contribution < -0.4 is 16.6 Å². The summed E-state index contributed by atoms with van der Waals surface area (Å²) in [6.07, 6.45) is 0.200. The lowest BCUT2D eigenvalue weighted by Crippen LogP contribution is -2.31. The van der Waals surface area contributed by atoms with Gasteiger partial charge < -0.3 is 15.6 Å². The highest BCUT2D eigenvalue weighted by atomic mass is 19.1. The summed E-state index contributed by atoms with van der Waals surface area (Å²) in [6, 6.07) is 0.677. The molecule has 0 fully saturated rings. The molecule has 1 aromatic heterocycles. The molecule has 4 N–H and O–H groups in total. The first-order valence-corrected chi connectivity index (χ1v) is 6.37. The molecule has 0 atom stereocenters. The summed E-state index contributed by atoms with van der Waals surface area (Å²) in [4.78, 5) is 17.1. The molecule has 0 radical (unpaired) electrons. The zero-order valence-corrected chi connectivity index (χ0v) is 11.5. The van der Waals surface area contributed by atoms with Crippen LogP contribution in [0.4, 0.5) is 20.4 Å². The third-order valence-electron chi connectivity index (χ3n) is 2.81. The van der Waals surface area contributed by atoms with E-state index >= 15 is 0 Å². The van der Waals surface area contributed by atoms with Crippen LogP contribution in [-0.4, -0.2) is 35.4 Å². The number of pyridine rings is 1. The normalized spacial score (nSPS) is 10.2. The van der Waals surface area contributed by atoms with Crippen LogP contribution in [0.25, 0.3) is 0 Å². The number of nitrogens with zero attached hydrogens (tertiary/aromatic N) is 2. The largest absolute Gasteiger partial charge is 0.367 e. The van der Waals surface area contributed by atoms with Gasteiger partial charge in [-0.2, -0.15) is 0 Å². The van der Waals surface area contributed by atoms with Crippen molar-refractivity contribution in [2.45, 2.75) is 20.3 Å². The number of amides is 1. The molecule has 1 amide bonds. The molecule has 0 saturated heterocycles. The molecule has 1 rings (SSSR count). The Kier molecular flexibility index (Phi) is 6.10. The van der Waals surface area contributed by atoms with E-state index in [1.807, 2.05) is 19.3 Å². The first-order chi connectivity index (χ1) is 9.53. The van der Waals surface area contributed by atoms with Crippen molar-refractivity contribution in [2.75, 3.05) is 30.4 Å². The second kappa shape index (κ2) is 7.59. The van der Waals surface area contributed by atoms with Gasteiger partial charge in [0.1, 0.15) is 0 Å². The Bertz CT molecular complexity index is 465. The molecule has 0 saturated carbocycles. The fourth-order valence-corrected chi connectivity index (χ4v) is 1.71. The van der Waals surface area contributed by atoms with Gasteiger partial charge in [-0.25, -0.2) is 19.6 Å². The quantitative estimate of drug-likeness (QED) is 0.520. The molecule has 6 nitrogen and oxygen atoms in total. The lowest BCUT2D eigenvalue weighted by molar-refractivity contribution is -0.130. The molecule has 0 aliphatic carbocycles. The zero-order chi connectivity index (χ0) is 15.1. The van der Waals surface area contributed by atoms with Crippen LogP contribution in [0.5, 0.6) is 0 Å². The van der Waals surface area contributed by atoms with E-state index in [-0.39, 0.29) is 30.5 Å². The van der Waals surface area contributed by atoms with Crippen LogP contribution in [0.1, 0.15) is 20.3 Å². The molecular weight excluding hydrogens is 268 g/mol. The molecule has 0 aliphatic rings. The molecule has 0 unspecified atom stereocenters. The number of hydrogen-bond donors (Lipinski definition) is 3. The molecular formula is C12H19F2N5O. The molecule has 0 bridgehead atoms. The van der Waals surface area contributed by atoms with E-state index in [1.54, 1.807) is 4.90 Å². The number of hydrogen-bond acceptors (Lipinski definition) is 5. The Morgan fingerprint density at radius 1 is 1.30 bits per heavy atom. The summed E-state index contributed by atoms with van der Waals surface area (Å²) in [7, 11) is 0. The number of nitrogen functional groups attached to an aromatic ring is 1. The highest BCUT2D eigenvalue weighted by Crippen LogP contribution is 2.18. The molecule has 112 valence electrons. The Hall–Kier alpha value is -1.96. The van der Waals surface area contributed by atoms with Crippen LogP contribution in [0, 0.1) is 11.6 Å². The minimum atomic E-state index is -0.880. The van der Waals surface area contributed by atoms with E-state index in [4.69, 9.17) is 5.84 Å². The number of rotatable bonds is 7. The number of hydrazine groups is 1. The fraction of sp³-hybridized carbons (Fsp3) is 0.500. The van der Waals surface area contributed by atoms with Gasteiger partial charge in [-0.05, 0) is 13.8 Å². The van der Waals surface area contributed by atoms with Gasteiger partial charge in [-0.15, -0.1) is 0 Å². The summed E-state index contributed by atoms with van der Waals surface area (Å²) in [6.45, 7) is 5.22. The smallest absolute Gasteiger partial charge is 0.224 e. The van der Waals surface area contributed by atoms with Crippen LogP contribution in [0.2, 0.25) is 0 Å². The molecule has 20 heavy (non-hydrogen) atoms. The van der Waals surface area contributed by atoms with Gasteiger partial charge >= 0.3 is 0 Å². The first kappa shape index (κ1) is 16.1. The molecule has 0 aromatic carbocycles. The fourth-order valence-electron chi connectivity index (χ4n) is 1.71. The maximum atomic E-state index is 13.5. The number of carbonyl (C=O) groups excluding carboxylic acids is 1. The van der Waals surface area contributed by atoms with Crippen molar-refractivity contribution in [1.29, 1.82) is 0 Å². The standard InChI is InChI=1S/C12H19F2N5O/c1-3-19(4-2)10(20)5-6-16-11-8(13)7-9(14)12(17-11)18-15/h7H,3-6,15H2,1-2H3,(H2,16,17,18). The molecule has 1 heterocycles. The van der Waals surface area contributed by atoms with E-state index in [2.05, 4.69) is 10.3 Å². The van der Waals surface area contributed by atoms with E-state index in [9.17, 15) is 13.6 Å². The first-order valence-electron chi connectivity index (χ1n) is 6.37. The van der Waals surface area contributed by atoms with Crippen molar-refractivity contribution in [3.05, 3.63) is 17.7 Å². The monoisotopic (exact) mass is 287 g/mol. The van der Waals surface area contributed by atoms with E-state index < -0.39 is 11.6 Å². The maximum absolute atomic E-state index is 13.5. The Morgan fingerprint density at radius 3 is 2.45 bits per heavy atom. The van der Waals surface area contributed by atoms with Crippen LogP contribution in [0.15, 0.2) is 6.07 Å². The molecule has 1 aromatic rings.